The van der Waals surface area contributed by atoms with Crippen LogP contribution in [0.15, 0.2) is 48.5 Å². The van der Waals surface area contributed by atoms with Crippen LogP contribution in [0.5, 0.6) is 11.5 Å². The second kappa shape index (κ2) is 12.4. The van der Waals surface area contributed by atoms with Crippen molar-refractivity contribution in [3.8, 4) is 22.6 Å². The molecule has 230 valence electrons. The summed E-state index contributed by atoms with van der Waals surface area (Å²) in [5, 5.41) is 25.5. The van der Waals surface area contributed by atoms with E-state index in [0.717, 1.165) is 18.4 Å². The number of aliphatic hydroxyl groups excluding tert-OH is 1. The van der Waals surface area contributed by atoms with E-state index in [2.05, 4.69) is 10.6 Å². The zero-order valence-corrected chi connectivity index (χ0v) is 25.2. The summed E-state index contributed by atoms with van der Waals surface area (Å²) < 4.78 is 43.9. The predicted molar refractivity (Wildman–Crippen MR) is 161 cm³/mol. The smallest absolute Gasteiger partial charge is 0.251 e. The van der Waals surface area contributed by atoms with Crippen LogP contribution < -0.4 is 20.1 Å². The minimum atomic E-state index is -1.02. The lowest BCUT2D eigenvalue weighted by Crippen LogP contribution is -2.49. The van der Waals surface area contributed by atoms with E-state index in [4.69, 9.17) is 21.1 Å². The normalized spacial score (nSPS) is 24.7. The molecule has 5 rings (SSSR count). The highest BCUT2D eigenvalue weighted by atomic mass is 35.5. The van der Waals surface area contributed by atoms with E-state index in [1.165, 1.54) is 25.2 Å². The van der Waals surface area contributed by atoms with Gasteiger partial charge in [-0.25, -0.2) is 8.78 Å². The molecule has 43 heavy (non-hydrogen) atoms. The summed E-state index contributed by atoms with van der Waals surface area (Å²) in [7, 11) is 1.42. The average Bonchev–Trinajstić information content (AvgIpc) is 3.28. The Morgan fingerprint density at radius 3 is 2.49 bits per heavy atom. The summed E-state index contributed by atoms with van der Waals surface area (Å²) in [4.78, 5) is 13.0. The summed E-state index contributed by atoms with van der Waals surface area (Å²) >= 11 is 6.64. The van der Waals surface area contributed by atoms with Gasteiger partial charge in [-0.1, -0.05) is 48.9 Å². The van der Waals surface area contributed by atoms with Gasteiger partial charge < -0.3 is 30.3 Å². The van der Waals surface area contributed by atoms with Gasteiger partial charge in [-0.2, -0.15) is 0 Å². The predicted octanol–water partition coefficient (Wildman–Crippen LogP) is 5.69. The summed E-state index contributed by atoms with van der Waals surface area (Å²) in [6.07, 6.45) is 2.90. The monoisotopic (exact) mass is 614 g/mol. The van der Waals surface area contributed by atoms with Gasteiger partial charge in [0, 0.05) is 48.3 Å². The van der Waals surface area contributed by atoms with Gasteiger partial charge in [-0.3, -0.25) is 4.79 Å². The van der Waals surface area contributed by atoms with Crippen molar-refractivity contribution < 1.29 is 33.3 Å². The van der Waals surface area contributed by atoms with E-state index in [0.29, 0.717) is 24.9 Å². The van der Waals surface area contributed by atoms with Crippen LogP contribution in [0.25, 0.3) is 11.1 Å². The molecule has 0 saturated heterocycles. The van der Waals surface area contributed by atoms with E-state index in [-0.39, 0.29) is 52.5 Å². The van der Waals surface area contributed by atoms with E-state index >= 15 is 8.78 Å². The number of halogens is 3. The molecule has 2 atom stereocenters. The largest absolute Gasteiger partial charge is 0.488 e. The minimum Gasteiger partial charge on any atom is -0.488 e. The maximum Gasteiger partial charge on any atom is 0.251 e. The molecular weight excluding hydrogens is 578 g/mol. The standard InChI is InChI=1S/C33H37ClF2N2O5/c1-19-26-25(43-33(19,20-7-5-4-6-8-20)18-38-21-11-13-32(2,41)14-12-21)17-23(35)29(34)28(26)27-22(31(40)37-3)9-10-24(30(27)36)42-16-15-39/h4-10,17,19,21,38-39,41H,11-16,18H2,1-3H3,(H,37,40). The molecule has 10 heteroatoms. The number of rotatable bonds is 9. The van der Waals surface area contributed by atoms with E-state index in [9.17, 15) is 15.0 Å². The Morgan fingerprint density at radius 1 is 1.14 bits per heavy atom. The zero-order valence-electron chi connectivity index (χ0n) is 24.5. The van der Waals surface area contributed by atoms with Gasteiger partial charge in [0.15, 0.2) is 17.2 Å². The fraction of sp³-hybridized carbons (Fsp3) is 0.424. The van der Waals surface area contributed by atoms with Crippen molar-refractivity contribution in [3.05, 3.63) is 81.9 Å². The van der Waals surface area contributed by atoms with Crippen LogP contribution in [0.1, 0.15) is 66.9 Å². The van der Waals surface area contributed by atoms with Crippen LogP contribution in [0.2, 0.25) is 5.02 Å². The van der Waals surface area contributed by atoms with Gasteiger partial charge in [0.1, 0.15) is 18.2 Å². The van der Waals surface area contributed by atoms with Crippen LogP contribution in [0.4, 0.5) is 8.78 Å². The Labute approximate surface area is 255 Å². The van der Waals surface area contributed by atoms with Crippen LogP contribution >= 0.6 is 11.6 Å². The first-order valence-corrected chi connectivity index (χ1v) is 14.9. The van der Waals surface area contributed by atoms with Gasteiger partial charge >= 0.3 is 0 Å². The van der Waals surface area contributed by atoms with E-state index < -0.39 is 34.7 Å². The van der Waals surface area contributed by atoms with Crippen molar-refractivity contribution in [1.82, 2.24) is 10.6 Å². The first-order chi connectivity index (χ1) is 20.5. The third-order valence-corrected chi connectivity index (χ3v) is 9.17. The number of benzene rings is 3. The Morgan fingerprint density at radius 2 is 1.84 bits per heavy atom. The number of hydrogen-bond acceptors (Lipinski definition) is 6. The molecule has 1 fully saturated rings. The van der Waals surface area contributed by atoms with Crippen molar-refractivity contribution in [1.29, 1.82) is 0 Å². The molecule has 0 spiro atoms. The first kappa shape index (κ1) is 31.2. The molecular formula is C33H37ClF2N2O5. The van der Waals surface area contributed by atoms with Gasteiger partial charge in [0.05, 0.1) is 22.8 Å². The molecule has 1 aliphatic heterocycles. The first-order valence-electron chi connectivity index (χ1n) is 14.5. The van der Waals surface area contributed by atoms with Crippen LogP contribution in [-0.4, -0.2) is 54.6 Å². The third kappa shape index (κ3) is 5.83. The molecule has 1 aliphatic carbocycles. The molecule has 0 radical (unpaired) electrons. The number of amides is 1. The van der Waals surface area contributed by atoms with Gasteiger partial charge in [0.2, 0.25) is 0 Å². The zero-order chi connectivity index (χ0) is 30.9. The van der Waals surface area contributed by atoms with Crippen molar-refractivity contribution >= 4 is 17.5 Å². The lowest BCUT2D eigenvalue weighted by Gasteiger charge is -2.38. The Balaban J connectivity index is 1.66. The van der Waals surface area contributed by atoms with Crippen LogP contribution in [-0.2, 0) is 5.60 Å². The molecule has 0 bridgehead atoms. The SMILES string of the molecule is CNC(=O)c1ccc(OCCO)c(F)c1-c1c(Cl)c(F)cc2c1C(C)C(CNC1CCC(C)(O)CC1)(c1ccccc1)O2. The third-order valence-electron chi connectivity index (χ3n) is 8.80. The number of carbonyl (C=O) groups is 1. The number of carbonyl (C=O) groups excluding carboxylic acids is 1. The molecule has 4 N–H and O–H groups in total. The molecule has 0 aromatic heterocycles. The highest BCUT2D eigenvalue weighted by Crippen LogP contribution is 2.56. The number of hydrogen-bond donors (Lipinski definition) is 4. The molecule has 3 aromatic rings. The van der Waals surface area contributed by atoms with Crippen molar-refractivity contribution in [2.45, 2.75) is 62.7 Å². The van der Waals surface area contributed by atoms with E-state index in [1.807, 2.05) is 44.2 Å². The second-order valence-corrected chi connectivity index (χ2v) is 12.0. The Bertz CT molecular complexity index is 1490. The Hall–Kier alpha value is -3.24. The van der Waals surface area contributed by atoms with Crippen molar-refractivity contribution in [2.24, 2.45) is 0 Å². The second-order valence-electron chi connectivity index (χ2n) is 11.6. The minimum absolute atomic E-state index is 0.0150. The highest BCUT2D eigenvalue weighted by Gasteiger charge is 2.50. The van der Waals surface area contributed by atoms with Gasteiger partial charge in [-0.05, 0) is 50.3 Å². The summed E-state index contributed by atoms with van der Waals surface area (Å²) in [6, 6.07) is 13.6. The van der Waals surface area contributed by atoms with Gasteiger partial charge in [0.25, 0.3) is 5.91 Å². The molecule has 2 aliphatic rings. The lowest BCUT2D eigenvalue weighted by molar-refractivity contribution is 0.00890. The fourth-order valence-electron chi connectivity index (χ4n) is 6.35. The van der Waals surface area contributed by atoms with Gasteiger partial charge in [-0.15, -0.1) is 0 Å². The Kier molecular flexibility index (Phi) is 9.00. The molecule has 1 amide bonds. The van der Waals surface area contributed by atoms with Crippen LogP contribution in [0, 0.1) is 11.6 Å². The number of ether oxygens (including phenoxy) is 2. The highest BCUT2D eigenvalue weighted by molar-refractivity contribution is 6.34. The molecule has 1 heterocycles. The summed E-state index contributed by atoms with van der Waals surface area (Å²) in [6.45, 7) is 3.60. The average molecular weight is 615 g/mol. The fourth-order valence-corrected chi connectivity index (χ4v) is 6.60. The maximum absolute atomic E-state index is 16.3. The molecule has 3 aromatic carbocycles. The summed E-state index contributed by atoms with van der Waals surface area (Å²) in [5.74, 6) is -2.80. The summed E-state index contributed by atoms with van der Waals surface area (Å²) in [5.41, 5.74) is -0.658. The molecule has 1 saturated carbocycles. The van der Waals surface area contributed by atoms with Crippen LogP contribution in [0.3, 0.4) is 0 Å². The lowest BCUT2D eigenvalue weighted by atomic mass is 9.77. The van der Waals surface area contributed by atoms with Crippen molar-refractivity contribution in [2.75, 3.05) is 26.8 Å². The van der Waals surface area contributed by atoms with E-state index in [1.54, 1.807) is 0 Å². The van der Waals surface area contributed by atoms with Crippen molar-refractivity contribution in [3.63, 3.8) is 0 Å². The maximum atomic E-state index is 16.3. The number of fused-ring (bicyclic) bond motifs is 1. The number of aliphatic hydroxyl groups is 2. The molecule has 2 unspecified atom stereocenters. The topological polar surface area (TPSA) is 100 Å². The molecule has 7 nitrogen and oxygen atoms in total. The quantitative estimate of drug-likeness (QED) is 0.247. The number of nitrogens with one attached hydrogen (secondary N) is 2.